The van der Waals surface area contributed by atoms with E-state index in [1.165, 1.54) is 32.4 Å². The van der Waals surface area contributed by atoms with E-state index in [4.69, 9.17) is 0 Å². The highest BCUT2D eigenvalue weighted by Gasteiger charge is 2.51. The third-order valence-electron chi connectivity index (χ3n) is 5.56. The van der Waals surface area contributed by atoms with Gasteiger partial charge < -0.3 is 20.1 Å². The molecule has 1 saturated heterocycles. The lowest BCUT2D eigenvalue weighted by Gasteiger charge is -2.24. The van der Waals surface area contributed by atoms with Crippen LogP contribution in [0.25, 0.3) is 0 Å². The van der Waals surface area contributed by atoms with Gasteiger partial charge in [-0.05, 0) is 31.0 Å². The van der Waals surface area contributed by atoms with Gasteiger partial charge in [-0.2, -0.15) is 0 Å². The summed E-state index contributed by atoms with van der Waals surface area (Å²) in [4.78, 5) is 62.6. The fraction of sp³-hybridized carbons (Fsp3) is 0.476. The number of ether oxygens (including phenoxy) is 2. The average molecular weight is 431 g/mol. The molecule has 2 fully saturated rings. The molecule has 166 valence electrons. The summed E-state index contributed by atoms with van der Waals surface area (Å²) >= 11 is 0. The molecular weight excluding hydrogens is 406 g/mol. The van der Waals surface area contributed by atoms with Crippen LogP contribution in [0.5, 0.6) is 0 Å². The van der Waals surface area contributed by atoms with E-state index in [9.17, 15) is 24.0 Å². The summed E-state index contributed by atoms with van der Waals surface area (Å²) in [6.45, 7) is -0.484. The highest BCUT2D eigenvalue weighted by atomic mass is 16.5. The molecule has 10 heteroatoms. The highest BCUT2D eigenvalue weighted by Crippen LogP contribution is 2.32. The minimum absolute atomic E-state index is 0.0353. The second-order valence-corrected chi connectivity index (χ2v) is 7.65. The van der Waals surface area contributed by atoms with Crippen molar-refractivity contribution in [2.45, 2.75) is 44.1 Å². The molecule has 1 heterocycles. The first-order valence-corrected chi connectivity index (χ1v) is 10.1. The second kappa shape index (κ2) is 9.15. The van der Waals surface area contributed by atoms with Crippen molar-refractivity contribution in [1.29, 1.82) is 0 Å². The van der Waals surface area contributed by atoms with Gasteiger partial charge >= 0.3 is 18.0 Å². The van der Waals surface area contributed by atoms with Crippen LogP contribution in [0.4, 0.5) is 10.5 Å². The molecular formula is C21H25N3O7. The Labute approximate surface area is 179 Å². The maximum Gasteiger partial charge on any atom is 0.337 e. The quantitative estimate of drug-likeness (QED) is 0.537. The predicted molar refractivity (Wildman–Crippen MR) is 108 cm³/mol. The summed E-state index contributed by atoms with van der Waals surface area (Å²) < 4.78 is 9.33. The number of nitrogens with one attached hydrogen (secondary N) is 2. The van der Waals surface area contributed by atoms with Crippen molar-refractivity contribution in [3.05, 3.63) is 29.3 Å². The Morgan fingerprint density at radius 3 is 2.03 bits per heavy atom. The molecule has 0 bridgehead atoms. The smallest absolute Gasteiger partial charge is 0.337 e. The van der Waals surface area contributed by atoms with Gasteiger partial charge in [0.2, 0.25) is 5.91 Å². The van der Waals surface area contributed by atoms with E-state index in [-0.39, 0.29) is 16.8 Å². The molecule has 1 aromatic rings. The van der Waals surface area contributed by atoms with E-state index in [0.29, 0.717) is 12.8 Å². The van der Waals surface area contributed by atoms with Crippen molar-refractivity contribution in [3.63, 3.8) is 0 Å². The van der Waals surface area contributed by atoms with Gasteiger partial charge in [0.05, 0.1) is 25.3 Å². The minimum Gasteiger partial charge on any atom is -0.465 e. The Morgan fingerprint density at radius 2 is 1.52 bits per heavy atom. The Balaban J connectivity index is 1.76. The van der Waals surface area contributed by atoms with E-state index in [2.05, 4.69) is 20.1 Å². The topological polar surface area (TPSA) is 131 Å². The van der Waals surface area contributed by atoms with Crippen LogP contribution in [0.15, 0.2) is 18.2 Å². The number of rotatable bonds is 5. The van der Waals surface area contributed by atoms with Gasteiger partial charge in [-0.1, -0.05) is 25.7 Å². The number of carbonyl (C=O) groups excluding carboxylic acids is 5. The number of hydrogen-bond donors (Lipinski definition) is 2. The minimum atomic E-state index is -0.934. The number of benzene rings is 1. The molecule has 0 atom stereocenters. The van der Waals surface area contributed by atoms with Crippen molar-refractivity contribution in [1.82, 2.24) is 10.2 Å². The summed E-state index contributed by atoms with van der Waals surface area (Å²) in [7, 11) is 2.37. The van der Waals surface area contributed by atoms with Crippen molar-refractivity contribution in [2.75, 3.05) is 26.1 Å². The molecule has 2 N–H and O–H groups in total. The van der Waals surface area contributed by atoms with Crippen LogP contribution >= 0.6 is 0 Å². The van der Waals surface area contributed by atoms with Gasteiger partial charge in [-0.25, -0.2) is 14.4 Å². The number of esters is 2. The molecule has 1 aliphatic carbocycles. The standard InChI is InChI=1S/C21H25N3O7/c1-30-17(26)13-9-14(18(27)31-2)11-15(10-13)22-16(25)12-24-19(28)21(23-20(24)29)7-5-3-4-6-8-21/h9-11H,3-8,12H2,1-2H3,(H,22,25)(H,23,29). The summed E-state index contributed by atoms with van der Waals surface area (Å²) in [5.74, 6) is -2.45. The number of anilines is 1. The first kappa shape index (κ1) is 22.3. The number of amides is 4. The van der Waals surface area contributed by atoms with E-state index in [1.54, 1.807) is 0 Å². The van der Waals surface area contributed by atoms with Crippen LogP contribution in [-0.4, -0.2) is 61.0 Å². The summed E-state index contributed by atoms with van der Waals surface area (Å²) in [6.07, 6.45) is 4.79. The van der Waals surface area contributed by atoms with Crippen LogP contribution in [0, 0.1) is 0 Å². The molecule has 31 heavy (non-hydrogen) atoms. The van der Waals surface area contributed by atoms with Crippen molar-refractivity contribution >= 4 is 35.5 Å². The van der Waals surface area contributed by atoms with E-state index in [1.807, 2.05) is 0 Å². The maximum atomic E-state index is 12.9. The zero-order valence-electron chi connectivity index (χ0n) is 17.5. The van der Waals surface area contributed by atoms with Crippen LogP contribution in [0.1, 0.15) is 59.2 Å². The van der Waals surface area contributed by atoms with Crippen LogP contribution in [-0.2, 0) is 19.1 Å². The van der Waals surface area contributed by atoms with Crippen molar-refractivity contribution in [3.8, 4) is 0 Å². The normalized spacial score (nSPS) is 17.7. The number of methoxy groups -OCH3 is 2. The Hall–Kier alpha value is -3.43. The van der Waals surface area contributed by atoms with Crippen LogP contribution < -0.4 is 10.6 Å². The summed E-state index contributed by atoms with van der Waals surface area (Å²) in [5.41, 5.74) is -0.734. The van der Waals surface area contributed by atoms with E-state index in [0.717, 1.165) is 30.6 Å². The van der Waals surface area contributed by atoms with Crippen LogP contribution in [0.3, 0.4) is 0 Å². The Bertz CT molecular complexity index is 885. The van der Waals surface area contributed by atoms with E-state index >= 15 is 0 Å². The zero-order chi connectivity index (χ0) is 22.6. The molecule has 3 rings (SSSR count). The third-order valence-corrected chi connectivity index (χ3v) is 5.56. The predicted octanol–water partition coefficient (Wildman–Crippen LogP) is 1.84. The lowest BCUT2D eigenvalue weighted by molar-refractivity contribution is -0.134. The largest absolute Gasteiger partial charge is 0.465 e. The molecule has 0 aromatic heterocycles. The Kier molecular flexibility index (Phi) is 6.57. The number of urea groups is 1. The molecule has 1 aromatic carbocycles. The zero-order valence-corrected chi connectivity index (χ0v) is 17.5. The molecule has 1 spiro atoms. The number of nitrogens with zero attached hydrogens (tertiary/aromatic N) is 1. The molecule has 2 aliphatic rings. The fourth-order valence-electron chi connectivity index (χ4n) is 4.01. The van der Waals surface area contributed by atoms with Gasteiger partial charge in [-0.3, -0.25) is 14.5 Å². The van der Waals surface area contributed by atoms with Crippen molar-refractivity contribution < 1.29 is 33.4 Å². The SMILES string of the molecule is COC(=O)c1cc(NC(=O)CN2C(=O)NC3(CCCCCC3)C2=O)cc(C(=O)OC)c1. The first-order chi connectivity index (χ1) is 14.8. The molecule has 1 saturated carbocycles. The molecule has 1 aliphatic heterocycles. The summed E-state index contributed by atoms with van der Waals surface area (Å²) in [5, 5.41) is 5.30. The number of imide groups is 1. The highest BCUT2D eigenvalue weighted by molar-refractivity contribution is 6.10. The Morgan fingerprint density at radius 1 is 0.968 bits per heavy atom. The monoisotopic (exact) mass is 431 g/mol. The molecule has 4 amide bonds. The lowest BCUT2D eigenvalue weighted by Crippen LogP contribution is -2.47. The maximum absolute atomic E-state index is 12.9. The lowest BCUT2D eigenvalue weighted by atomic mass is 9.90. The van der Waals surface area contributed by atoms with Gasteiger partial charge in [0.15, 0.2) is 0 Å². The number of hydrogen-bond acceptors (Lipinski definition) is 7. The van der Waals surface area contributed by atoms with Gasteiger partial charge in [0.25, 0.3) is 5.91 Å². The molecule has 0 unspecified atom stereocenters. The first-order valence-electron chi connectivity index (χ1n) is 10.1. The average Bonchev–Trinajstić information content (AvgIpc) is 2.92. The molecule has 10 nitrogen and oxygen atoms in total. The molecule has 0 radical (unpaired) electrons. The van der Waals surface area contributed by atoms with Crippen LogP contribution in [0.2, 0.25) is 0 Å². The number of carbonyl (C=O) groups is 5. The van der Waals surface area contributed by atoms with Gasteiger partial charge in [0.1, 0.15) is 12.1 Å². The fourth-order valence-corrected chi connectivity index (χ4v) is 4.01. The van der Waals surface area contributed by atoms with Crippen molar-refractivity contribution in [2.24, 2.45) is 0 Å². The third kappa shape index (κ3) is 4.68. The van der Waals surface area contributed by atoms with Gasteiger partial charge in [-0.15, -0.1) is 0 Å². The summed E-state index contributed by atoms with van der Waals surface area (Å²) in [6, 6.07) is 3.34. The van der Waals surface area contributed by atoms with Gasteiger partial charge in [0, 0.05) is 5.69 Å². The second-order valence-electron chi connectivity index (χ2n) is 7.65. The van der Waals surface area contributed by atoms with E-state index < -0.39 is 41.9 Å².